The van der Waals surface area contributed by atoms with Crippen LogP contribution in [0.2, 0.25) is 0 Å². The highest BCUT2D eigenvalue weighted by Gasteiger charge is 2.13. The van der Waals surface area contributed by atoms with E-state index in [4.69, 9.17) is 15.4 Å². The summed E-state index contributed by atoms with van der Waals surface area (Å²) in [6.07, 6.45) is 0.372. The zero-order valence-electron chi connectivity index (χ0n) is 11.1. The third-order valence-electron chi connectivity index (χ3n) is 2.96. The van der Waals surface area contributed by atoms with Crippen molar-refractivity contribution in [3.05, 3.63) is 22.5 Å². The number of nitrogens with zero attached hydrogens (tertiary/aromatic N) is 1. The van der Waals surface area contributed by atoms with Gasteiger partial charge in [0.2, 0.25) is 9.05 Å². The molecule has 0 amide bonds. The molecule has 0 radical (unpaired) electrons. The van der Waals surface area contributed by atoms with Crippen LogP contribution in [0, 0.1) is 6.92 Å². The average molecular weight is 362 g/mol. The van der Waals surface area contributed by atoms with Gasteiger partial charge in [-0.2, -0.15) is 0 Å². The van der Waals surface area contributed by atoms with Gasteiger partial charge in [-0.3, -0.25) is 0 Å². The minimum atomic E-state index is -3.46. The SMILES string of the molecule is Cc1nc2c(cc(OCCCS(=O)(=O)Cl)c3ccsc32)s1. The number of aryl methyl sites for hydroxylation is 1. The summed E-state index contributed by atoms with van der Waals surface area (Å²) in [5.41, 5.74) is 1.01. The van der Waals surface area contributed by atoms with Crippen molar-refractivity contribution in [1.82, 2.24) is 4.98 Å². The van der Waals surface area contributed by atoms with E-state index in [9.17, 15) is 8.42 Å². The van der Waals surface area contributed by atoms with E-state index in [1.54, 1.807) is 22.7 Å². The fourth-order valence-corrected chi connectivity index (χ4v) is 4.74. The Morgan fingerprint density at radius 3 is 3.00 bits per heavy atom. The molecule has 0 aliphatic carbocycles. The minimum absolute atomic E-state index is 0.0801. The van der Waals surface area contributed by atoms with Gasteiger partial charge in [0.05, 0.1) is 32.3 Å². The first kappa shape index (κ1) is 15.0. The molecule has 0 aliphatic rings. The Labute approximate surface area is 134 Å². The van der Waals surface area contributed by atoms with E-state index in [1.807, 2.05) is 24.4 Å². The van der Waals surface area contributed by atoms with Gasteiger partial charge in [0.25, 0.3) is 0 Å². The van der Waals surface area contributed by atoms with Crippen molar-refractivity contribution in [2.45, 2.75) is 13.3 Å². The fraction of sp³-hybridized carbons (Fsp3) is 0.308. The fourth-order valence-electron chi connectivity index (χ4n) is 2.12. The van der Waals surface area contributed by atoms with Crippen LogP contribution < -0.4 is 4.74 Å². The average Bonchev–Trinajstić information content (AvgIpc) is 2.98. The largest absolute Gasteiger partial charge is 0.493 e. The number of aromatic nitrogens is 1. The van der Waals surface area contributed by atoms with Crippen molar-refractivity contribution in [2.24, 2.45) is 0 Å². The van der Waals surface area contributed by atoms with Gasteiger partial charge in [0, 0.05) is 22.1 Å². The summed E-state index contributed by atoms with van der Waals surface area (Å²) >= 11 is 3.26. The quantitative estimate of drug-likeness (QED) is 0.506. The number of thiazole rings is 1. The van der Waals surface area contributed by atoms with Crippen LogP contribution in [-0.2, 0) is 9.05 Å². The van der Waals surface area contributed by atoms with E-state index < -0.39 is 9.05 Å². The van der Waals surface area contributed by atoms with Crippen molar-refractivity contribution >= 4 is 62.7 Å². The Hall–Kier alpha value is -0.890. The molecule has 8 heteroatoms. The molecule has 0 N–H and O–H groups in total. The maximum absolute atomic E-state index is 10.9. The number of hydrogen-bond donors (Lipinski definition) is 0. The van der Waals surface area contributed by atoms with Crippen LogP contribution in [-0.4, -0.2) is 25.8 Å². The zero-order chi connectivity index (χ0) is 15.0. The summed E-state index contributed by atoms with van der Waals surface area (Å²) in [7, 11) is 1.73. The van der Waals surface area contributed by atoms with E-state index >= 15 is 0 Å². The highest BCUT2D eigenvalue weighted by Crippen LogP contribution is 2.38. The van der Waals surface area contributed by atoms with Gasteiger partial charge < -0.3 is 4.74 Å². The number of ether oxygens (including phenoxy) is 1. The third kappa shape index (κ3) is 3.31. The van der Waals surface area contributed by atoms with Gasteiger partial charge in [-0.05, 0) is 24.8 Å². The molecule has 1 aromatic carbocycles. The highest BCUT2D eigenvalue weighted by molar-refractivity contribution is 8.13. The van der Waals surface area contributed by atoms with E-state index in [0.717, 1.165) is 31.1 Å². The Bertz CT molecular complexity index is 898. The predicted molar refractivity (Wildman–Crippen MR) is 89.5 cm³/mol. The van der Waals surface area contributed by atoms with Gasteiger partial charge >= 0.3 is 0 Å². The number of hydrogen-bond acceptors (Lipinski definition) is 6. The molecule has 0 bridgehead atoms. The second kappa shape index (κ2) is 5.72. The molecule has 0 fully saturated rings. The molecule has 3 aromatic rings. The molecular formula is C13H12ClNO3S3. The standard InChI is InChI=1S/C13H12ClNO3S3/c1-8-15-12-11(20-8)7-10(9-3-5-19-13(9)12)18-4-2-6-21(14,16)17/h3,5,7H,2,4,6H2,1H3. The summed E-state index contributed by atoms with van der Waals surface area (Å²) in [4.78, 5) is 4.56. The van der Waals surface area contributed by atoms with Crippen molar-refractivity contribution in [2.75, 3.05) is 12.4 Å². The zero-order valence-corrected chi connectivity index (χ0v) is 14.3. The summed E-state index contributed by atoms with van der Waals surface area (Å²) in [6.45, 7) is 2.30. The van der Waals surface area contributed by atoms with Crippen LogP contribution in [0.15, 0.2) is 17.5 Å². The molecule has 0 spiro atoms. The Morgan fingerprint density at radius 1 is 1.43 bits per heavy atom. The molecule has 0 saturated heterocycles. The van der Waals surface area contributed by atoms with Crippen molar-refractivity contribution in [1.29, 1.82) is 0 Å². The lowest BCUT2D eigenvalue weighted by Crippen LogP contribution is -2.04. The van der Waals surface area contributed by atoms with Crippen molar-refractivity contribution in [3.8, 4) is 5.75 Å². The normalized spacial score (nSPS) is 12.3. The molecule has 0 aliphatic heterocycles. The number of benzene rings is 1. The molecule has 0 saturated carbocycles. The summed E-state index contributed by atoms with van der Waals surface area (Å²) in [6, 6.07) is 3.98. The molecule has 21 heavy (non-hydrogen) atoms. The molecular weight excluding hydrogens is 350 g/mol. The minimum Gasteiger partial charge on any atom is -0.493 e. The van der Waals surface area contributed by atoms with Crippen LogP contribution in [0.5, 0.6) is 5.75 Å². The number of thiophene rings is 1. The van der Waals surface area contributed by atoms with Crippen LogP contribution >= 0.6 is 33.4 Å². The molecule has 4 nitrogen and oxygen atoms in total. The third-order valence-corrected chi connectivity index (χ3v) is 6.04. The Kier molecular flexibility index (Phi) is 4.09. The highest BCUT2D eigenvalue weighted by atomic mass is 35.7. The molecule has 0 atom stereocenters. The number of fused-ring (bicyclic) bond motifs is 3. The van der Waals surface area contributed by atoms with Crippen LogP contribution in [0.3, 0.4) is 0 Å². The molecule has 0 unspecified atom stereocenters. The number of halogens is 1. The smallest absolute Gasteiger partial charge is 0.232 e. The van der Waals surface area contributed by atoms with Gasteiger partial charge in [-0.15, -0.1) is 22.7 Å². The van der Waals surface area contributed by atoms with E-state index in [1.165, 1.54) is 0 Å². The lowest BCUT2D eigenvalue weighted by Gasteiger charge is -2.07. The monoisotopic (exact) mass is 361 g/mol. The topological polar surface area (TPSA) is 56.3 Å². The maximum Gasteiger partial charge on any atom is 0.232 e. The van der Waals surface area contributed by atoms with Crippen LogP contribution in [0.4, 0.5) is 0 Å². The van der Waals surface area contributed by atoms with Crippen LogP contribution in [0.25, 0.3) is 20.3 Å². The molecule has 2 aromatic heterocycles. The molecule has 2 heterocycles. The van der Waals surface area contributed by atoms with E-state index in [2.05, 4.69) is 4.98 Å². The first-order valence-corrected chi connectivity index (χ1v) is 10.4. The molecule has 112 valence electrons. The number of rotatable bonds is 5. The Balaban J connectivity index is 1.88. The van der Waals surface area contributed by atoms with E-state index in [-0.39, 0.29) is 5.75 Å². The van der Waals surface area contributed by atoms with Crippen molar-refractivity contribution in [3.63, 3.8) is 0 Å². The second-order valence-electron chi connectivity index (χ2n) is 4.56. The lowest BCUT2D eigenvalue weighted by atomic mass is 10.2. The second-order valence-corrected chi connectivity index (χ2v) is 9.61. The van der Waals surface area contributed by atoms with Crippen LogP contribution in [0.1, 0.15) is 11.4 Å². The maximum atomic E-state index is 10.9. The first-order valence-electron chi connectivity index (χ1n) is 6.26. The van der Waals surface area contributed by atoms with Crippen molar-refractivity contribution < 1.29 is 13.2 Å². The summed E-state index contributed by atoms with van der Waals surface area (Å²) in [5.74, 6) is 0.692. The molecule has 3 rings (SSSR count). The van der Waals surface area contributed by atoms with Gasteiger partial charge in [0.15, 0.2) is 0 Å². The van der Waals surface area contributed by atoms with Gasteiger partial charge in [-0.25, -0.2) is 13.4 Å². The summed E-state index contributed by atoms with van der Waals surface area (Å²) < 4.78 is 29.7. The first-order chi connectivity index (χ1) is 9.94. The van der Waals surface area contributed by atoms with Gasteiger partial charge in [0.1, 0.15) is 5.75 Å². The van der Waals surface area contributed by atoms with E-state index in [0.29, 0.717) is 13.0 Å². The summed E-state index contributed by atoms with van der Waals surface area (Å²) in [5, 5.41) is 4.05. The van der Waals surface area contributed by atoms with Gasteiger partial charge in [-0.1, -0.05) is 0 Å². The lowest BCUT2D eigenvalue weighted by molar-refractivity contribution is 0.322. The predicted octanol–water partition coefficient (Wildman–Crippen LogP) is 4.16. The Morgan fingerprint density at radius 2 is 2.24 bits per heavy atom.